The van der Waals surface area contributed by atoms with Crippen molar-refractivity contribution in [3.8, 4) is 0 Å². The van der Waals surface area contributed by atoms with Crippen LogP contribution in [0, 0.1) is 6.92 Å². The van der Waals surface area contributed by atoms with Gasteiger partial charge in [0.1, 0.15) is 0 Å². The zero-order valence-corrected chi connectivity index (χ0v) is 16.3. The number of benzene rings is 2. The third-order valence-corrected chi connectivity index (χ3v) is 5.34. The standard InChI is InChI=1S/C20H26N2O3S/c1-4-18-10-5-6-11-19(18)22(26(3,24)25)13-12-20(23)21-15-17-9-7-8-16(2)14-17/h5-11,14H,4,12-13,15H2,1-3H3,(H,21,23). The molecule has 0 aliphatic carbocycles. The average molecular weight is 375 g/mol. The molecule has 5 nitrogen and oxygen atoms in total. The second-order valence-corrected chi connectivity index (χ2v) is 8.24. The summed E-state index contributed by atoms with van der Waals surface area (Å²) < 4.78 is 25.8. The molecule has 0 unspecified atom stereocenters. The summed E-state index contributed by atoms with van der Waals surface area (Å²) in [5, 5.41) is 2.85. The molecule has 1 N–H and O–H groups in total. The number of anilines is 1. The molecule has 140 valence electrons. The Kier molecular flexibility index (Phi) is 6.80. The predicted octanol–water partition coefficient (Wildman–Crippen LogP) is 3.03. The van der Waals surface area contributed by atoms with Crippen molar-refractivity contribution in [1.29, 1.82) is 0 Å². The Bertz CT molecular complexity index is 863. The Morgan fingerprint density at radius 2 is 1.85 bits per heavy atom. The van der Waals surface area contributed by atoms with E-state index < -0.39 is 10.0 Å². The monoisotopic (exact) mass is 374 g/mol. The largest absolute Gasteiger partial charge is 0.352 e. The molecular weight excluding hydrogens is 348 g/mol. The maximum Gasteiger partial charge on any atom is 0.232 e. The Hall–Kier alpha value is -2.34. The second-order valence-electron chi connectivity index (χ2n) is 6.33. The van der Waals surface area contributed by atoms with Crippen molar-refractivity contribution in [3.63, 3.8) is 0 Å². The number of aryl methyl sites for hydroxylation is 2. The third-order valence-electron chi connectivity index (χ3n) is 4.16. The number of rotatable bonds is 8. The summed E-state index contributed by atoms with van der Waals surface area (Å²) in [6, 6.07) is 15.3. The van der Waals surface area contributed by atoms with Crippen molar-refractivity contribution in [1.82, 2.24) is 5.32 Å². The van der Waals surface area contributed by atoms with Crippen LogP contribution in [0.1, 0.15) is 30.0 Å². The van der Waals surface area contributed by atoms with Gasteiger partial charge in [0.05, 0.1) is 11.9 Å². The van der Waals surface area contributed by atoms with Gasteiger partial charge in [0.2, 0.25) is 15.9 Å². The lowest BCUT2D eigenvalue weighted by Crippen LogP contribution is -2.35. The van der Waals surface area contributed by atoms with E-state index in [1.165, 1.54) is 10.6 Å². The van der Waals surface area contributed by atoms with Crippen LogP contribution in [0.25, 0.3) is 0 Å². The molecule has 0 fully saturated rings. The first kappa shape index (κ1) is 20.0. The number of carbonyl (C=O) groups excluding carboxylic acids is 1. The van der Waals surface area contributed by atoms with E-state index in [0.717, 1.165) is 23.1 Å². The molecule has 0 saturated carbocycles. The predicted molar refractivity (Wildman–Crippen MR) is 106 cm³/mol. The van der Waals surface area contributed by atoms with Crippen LogP contribution in [0.4, 0.5) is 5.69 Å². The fraction of sp³-hybridized carbons (Fsp3) is 0.350. The Morgan fingerprint density at radius 1 is 1.12 bits per heavy atom. The van der Waals surface area contributed by atoms with Gasteiger partial charge in [0.15, 0.2) is 0 Å². The molecule has 0 atom stereocenters. The van der Waals surface area contributed by atoms with Crippen molar-refractivity contribution < 1.29 is 13.2 Å². The molecule has 0 aromatic heterocycles. The SMILES string of the molecule is CCc1ccccc1N(CCC(=O)NCc1cccc(C)c1)S(C)(=O)=O. The van der Waals surface area contributed by atoms with Crippen LogP contribution in [0.3, 0.4) is 0 Å². The zero-order valence-electron chi connectivity index (χ0n) is 15.5. The first-order chi connectivity index (χ1) is 12.3. The van der Waals surface area contributed by atoms with Crippen LogP contribution >= 0.6 is 0 Å². The minimum atomic E-state index is -3.47. The van der Waals surface area contributed by atoms with Crippen molar-refractivity contribution >= 4 is 21.6 Å². The van der Waals surface area contributed by atoms with Gasteiger partial charge in [0.25, 0.3) is 0 Å². The minimum Gasteiger partial charge on any atom is -0.352 e. The number of carbonyl (C=O) groups is 1. The second kappa shape index (κ2) is 8.85. The van der Waals surface area contributed by atoms with Gasteiger partial charge >= 0.3 is 0 Å². The van der Waals surface area contributed by atoms with E-state index >= 15 is 0 Å². The number of para-hydroxylation sites is 1. The number of hydrogen-bond acceptors (Lipinski definition) is 3. The normalized spacial score (nSPS) is 11.2. The van der Waals surface area contributed by atoms with Crippen LogP contribution in [0.15, 0.2) is 48.5 Å². The lowest BCUT2D eigenvalue weighted by atomic mass is 10.1. The highest BCUT2D eigenvalue weighted by Gasteiger charge is 2.20. The van der Waals surface area contributed by atoms with Gasteiger partial charge in [-0.25, -0.2) is 8.42 Å². The third kappa shape index (κ3) is 5.59. The maximum atomic E-state index is 12.2. The highest BCUT2D eigenvalue weighted by atomic mass is 32.2. The van der Waals surface area contributed by atoms with Gasteiger partial charge in [-0.05, 0) is 30.5 Å². The highest BCUT2D eigenvalue weighted by Crippen LogP contribution is 2.23. The van der Waals surface area contributed by atoms with Crippen molar-refractivity contribution in [2.45, 2.75) is 33.2 Å². The van der Waals surface area contributed by atoms with E-state index in [-0.39, 0.29) is 18.9 Å². The summed E-state index contributed by atoms with van der Waals surface area (Å²) in [7, 11) is -3.47. The maximum absolute atomic E-state index is 12.2. The van der Waals surface area contributed by atoms with Crippen LogP contribution < -0.4 is 9.62 Å². The van der Waals surface area contributed by atoms with Crippen LogP contribution in [-0.4, -0.2) is 27.1 Å². The van der Waals surface area contributed by atoms with Gasteiger partial charge < -0.3 is 5.32 Å². The van der Waals surface area contributed by atoms with E-state index in [1.807, 2.05) is 56.3 Å². The molecule has 0 aliphatic heterocycles. The van der Waals surface area contributed by atoms with Crippen molar-refractivity contribution in [3.05, 3.63) is 65.2 Å². The fourth-order valence-corrected chi connectivity index (χ4v) is 3.79. The van der Waals surface area contributed by atoms with E-state index in [9.17, 15) is 13.2 Å². The average Bonchev–Trinajstić information content (AvgIpc) is 2.59. The Labute approximate surface area is 156 Å². The molecule has 2 aromatic rings. The molecule has 2 aromatic carbocycles. The van der Waals surface area contributed by atoms with Crippen LogP contribution in [-0.2, 0) is 27.8 Å². The van der Waals surface area contributed by atoms with Gasteiger partial charge in [-0.1, -0.05) is 55.0 Å². The summed E-state index contributed by atoms with van der Waals surface area (Å²) in [5.41, 5.74) is 3.74. The summed E-state index contributed by atoms with van der Waals surface area (Å²) >= 11 is 0. The first-order valence-electron chi connectivity index (χ1n) is 8.69. The molecule has 2 rings (SSSR count). The first-order valence-corrected chi connectivity index (χ1v) is 10.5. The van der Waals surface area contributed by atoms with Gasteiger partial charge in [-0.3, -0.25) is 9.10 Å². The number of hydrogen-bond donors (Lipinski definition) is 1. The fourth-order valence-electron chi connectivity index (χ4n) is 2.83. The molecule has 0 radical (unpaired) electrons. The quantitative estimate of drug-likeness (QED) is 0.772. The van der Waals surface area contributed by atoms with E-state index in [4.69, 9.17) is 0 Å². The number of amides is 1. The molecule has 0 aliphatic rings. The van der Waals surface area contributed by atoms with Gasteiger partial charge in [-0.2, -0.15) is 0 Å². The number of sulfonamides is 1. The summed E-state index contributed by atoms with van der Waals surface area (Å²) in [6.45, 7) is 4.54. The van der Waals surface area contributed by atoms with Crippen LogP contribution in [0.2, 0.25) is 0 Å². The molecule has 0 spiro atoms. The Morgan fingerprint density at radius 3 is 2.50 bits per heavy atom. The molecule has 0 bridgehead atoms. The molecule has 26 heavy (non-hydrogen) atoms. The topological polar surface area (TPSA) is 66.5 Å². The van der Waals surface area contributed by atoms with E-state index in [2.05, 4.69) is 5.32 Å². The molecule has 1 amide bonds. The van der Waals surface area contributed by atoms with Crippen molar-refractivity contribution in [2.75, 3.05) is 17.1 Å². The Balaban J connectivity index is 2.02. The summed E-state index contributed by atoms with van der Waals surface area (Å²) in [6.07, 6.45) is 2.00. The van der Waals surface area contributed by atoms with Gasteiger partial charge in [-0.15, -0.1) is 0 Å². The van der Waals surface area contributed by atoms with E-state index in [1.54, 1.807) is 6.07 Å². The molecule has 0 saturated heterocycles. The van der Waals surface area contributed by atoms with Crippen molar-refractivity contribution in [2.24, 2.45) is 0 Å². The highest BCUT2D eigenvalue weighted by molar-refractivity contribution is 7.92. The number of nitrogens with one attached hydrogen (secondary N) is 1. The minimum absolute atomic E-state index is 0.108. The number of nitrogens with zero attached hydrogens (tertiary/aromatic N) is 1. The smallest absolute Gasteiger partial charge is 0.232 e. The molecular formula is C20H26N2O3S. The molecule has 0 heterocycles. The lowest BCUT2D eigenvalue weighted by Gasteiger charge is -2.24. The van der Waals surface area contributed by atoms with E-state index in [0.29, 0.717) is 12.2 Å². The lowest BCUT2D eigenvalue weighted by molar-refractivity contribution is -0.121. The molecule has 6 heteroatoms. The zero-order chi connectivity index (χ0) is 19.2. The van der Waals surface area contributed by atoms with Gasteiger partial charge in [0, 0.05) is 19.5 Å². The van der Waals surface area contributed by atoms with Crippen LogP contribution in [0.5, 0.6) is 0 Å². The summed E-state index contributed by atoms with van der Waals surface area (Å²) in [4.78, 5) is 12.2. The summed E-state index contributed by atoms with van der Waals surface area (Å²) in [5.74, 6) is -0.172.